The number of hydrogen-bond acceptors (Lipinski definition) is 2. The van der Waals surface area contributed by atoms with E-state index >= 15 is 0 Å². The maximum absolute atomic E-state index is 12.5. The summed E-state index contributed by atoms with van der Waals surface area (Å²) in [6.45, 7) is 2.72. The zero-order valence-electron chi connectivity index (χ0n) is 12.0. The molecule has 4 nitrogen and oxygen atoms in total. The number of urea groups is 1. The van der Waals surface area contributed by atoms with Crippen molar-refractivity contribution in [2.75, 3.05) is 11.4 Å². The number of anilines is 1. The zero-order chi connectivity index (χ0) is 13.9. The molecule has 1 aromatic rings. The molecule has 0 aromatic heterocycles. The maximum Gasteiger partial charge on any atom is 0.322 e. The van der Waals surface area contributed by atoms with E-state index in [-0.39, 0.29) is 12.1 Å². The van der Waals surface area contributed by atoms with Gasteiger partial charge >= 0.3 is 6.03 Å². The minimum Gasteiger partial charge on any atom is -0.486 e. The first-order chi connectivity index (χ1) is 9.78. The smallest absolute Gasteiger partial charge is 0.322 e. The lowest BCUT2D eigenvalue weighted by Gasteiger charge is -2.35. The number of rotatable bonds is 2. The number of ether oxygens (including phenoxy) is 1. The highest BCUT2D eigenvalue weighted by molar-refractivity contribution is 5.94. The van der Waals surface area contributed by atoms with Gasteiger partial charge in [-0.15, -0.1) is 0 Å². The summed E-state index contributed by atoms with van der Waals surface area (Å²) in [5.74, 6) is 0.812. The normalized spacial score (nSPS) is 22.2. The minimum atomic E-state index is 0.0195. The van der Waals surface area contributed by atoms with Crippen molar-refractivity contribution in [3.05, 3.63) is 24.3 Å². The van der Waals surface area contributed by atoms with Crippen LogP contribution in [0.15, 0.2) is 24.3 Å². The molecule has 0 saturated heterocycles. The summed E-state index contributed by atoms with van der Waals surface area (Å²) in [5, 5.41) is 3.17. The van der Waals surface area contributed by atoms with Gasteiger partial charge in [-0.3, -0.25) is 4.90 Å². The molecule has 0 radical (unpaired) electrons. The summed E-state index contributed by atoms with van der Waals surface area (Å²) in [4.78, 5) is 14.4. The molecule has 20 heavy (non-hydrogen) atoms. The lowest BCUT2D eigenvalue weighted by atomic mass is 10.1. The van der Waals surface area contributed by atoms with Gasteiger partial charge in [0.25, 0.3) is 0 Å². The van der Waals surface area contributed by atoms with Crippen molar-refractivity contribution in [2.24, 2.45) is 0 Å². The van der Waals surface area contributed by atoms with E-state index < -0.39 is 0 Å². The molecule has 4 heteroatoms. The third-order valence-corrected chi connectivity index (χ3v) is 4.22. The predicted molar refractivity (Wildman–Crippen MR) is 79.3 cm³/mol. The van der Waals surface area contributed by atoms with Crippen LogP contribution >= 0.6 is 0 Å². The third kappa shape index (κ3) is 2.60. The Balaban J connectivity index is 1.78. The second-order valence-electron chi connectivity index (χ2n) is 5.66. The molecular weight excluding hydrogens is 252 g/mol. The summed E-state index contributed by atoms with van der Waals surface area (Å²) >= 11 is 0. The Morgan fingerprint density at radius 2 is 2.10 bits per heavy atom. The Morgan fingerprint density at radius 1 is 1.35 bits per heavy atom. The van der Waals surface area contributed by atoms with Crippen molar-refractivity contribution < 1.29 is 9.53 Å². The molecule has 3 rings (SSSR count). The van der Waals surface area contributed by atoms with Crippen molar-refractivity contribution in [1.82, 2.24) is 5.32 Å². The molecule has 1 saturated carbocycles. The second kappa shape index (κ2) is 5.73. The van der Waals surface area contributed by atoms with E-state index in [1.807, 2.05) is 29.2 Å². The summed E-state index contributed by atoms with van der Waals surface area (Å²) in [6, 6.07) is 8.15. The van der Waals surface area contributed by atoms with Crippen LogP contribution in [0.2, 0.25) is 0 Å². The van der Waals surface area contributed by atoms with E-state index in [9.17, 15) is 4.79 Å². The summed E-state index contributed by atoms with van der Waals surface area (Å²) in [7, 11) is 0. The average Bonchev–Trinajstić information content (AvgIpc) is 2.98. The van der Waals surface area contributed by atoms with Gasteiger partial charge in [-0.25, -0.2) is 4.79 Å². The monoisotopic (exact) mass is 274 g/mol. The van der Waals surface area contributed by atoms with Crippen LogP contribution in [0, 0.1) is 0 Å². The molecule has 1 atom stereocenters. The quantitative estimate of drug-likeness (QED) is 0.899. The Labute approximate surface area is 120 Å². The zero-order valence-corrected chi connectivity index (χ0v) is 12.0. The van der Waals surface area contributed by atoms with E-state index in [1.165, 1.54) is 12.8 Å². The van der Waals surface area contributed by atoms with Crippen molar-refractivity contribution in [3.63, 3.8) is 0 Å². The molecular formula is C16H22N2O2. The molecule has 108 valence electrons. The van der Waals surface area contributed by atoms with Gasteiger partial charge in [0.2, 0.25) is 0 Å². The van der Waals surface area contributed by atoms with E-state index in [0.717, 1.165) is 30.7 Å². The standard InChI is InChI=1S/C16H22N2O2/c1-2-13-11-18(14-9-5-6-10-15(14)20-13)16(19)17-12-7-3-4-8-12/h5-6,9-10,12-13H,2-4,7-8,11H2,1H3,(H,17,19)/t13-/m0/s1. The minimum absolute atomic E-state index is 0.0195. The van der Waals surface area contributed by atoms with Crippen LogP contribution in [0.5, 0.6) is 5.75 Å². The van der Waals surface area contributed by atoms with Crippen molar-refractivity contribution >= 4 is 11.7 Å². The number of nitrogens with zero attached hydrogens (tertiary/aromatic N) is 1. The van der Waals surface area contributed by atoms with E-state index in [2.05, 4.69) is 12.2 Å². The van der Waals surface area contributed by atoms with Crippen molar-refractivity contribution in [3.8, 4) is 5.75 Å². The lowest BCUT2D eigenvalue weighted by molar-refractivity contribution is 0.185. The van der Waals surface area contributed by atoms with Gasteiger partial charge in [-0.1, -0.05) is 31.9 Å². The molecule has 1 aliphatic carbocycles. The average molecular weight is 274 g/mol. The van der Waals surface area contributed by atoms with Crippen LogP contribution in [0.1, 0.15) is 39.0 Å². The predicted octanol–water partition coefficient (Wildman–Crippen LogP) is 3.32. The molecule has 1 fully saturated rings. The Hall–Kier alpha value is -1.71. The van der Waals surface area contributed by atoms with Gasteiger partial charge in [0.05, 0.1) is 12.2 Å². The summed E-state index contributed by atoms with van der Waals surface area (Å²) < 4.78 is 5.91. The van der Waals surface area contributed by atoms with Gasteiger partial charge in [-0.05, 0) is 31.4 Å². The molecule has 0 spiro atoms. The van der Waals surface area contributed by atoms with Crippen LogP contribution < -0.4 is 15.0 Å². The Bertz CT molecular complexity index is 483. The number of benzene rings is 1. The van der Waals surface area contributed by atoms with Gasteiger partial charge in [0.1, 0.15) is 11.9 Å². The third-order valence-electron chi connectivity index (χ3n) is 4.22. The van der Waals surface area contributed by atoms with Crippen LogP contribution in [0.4, 0.5) is 10.5 Å². The largest absolute Gasteiger partial charge is 0.486 e. The first kappa shape index (κ1) is 13.3. The number of hydrogen-bond donors (Lipinski definition) is 1. The summed E-state index contributed by atoms with van der Waals surface area (Å²) in [6.07, 6.45) is 5.65. The van der Waals surface area contributed by atoms with Crippen LogP contribution in [-0.4, -0.2) is 24.7 Å². The van der Waals surface area contributed by atoms with E-state index in [4.69, 9.17) is 4.74 Å². The van der Waals surface area contributed by atoms with Crippen LogP contribution in [0.25, 0.3) is 0 Å². The van der Waals surface area contributed by atoms with Crippen LogP contribution in [0.3, 0.4) is 0 Å². The highest BCUT2D eigenvalue weighted by Crippen LogP contribution is 2.34. The van der Waals surface area contributed by atoms with Crippen molar-refractivity contribution in [1.29, 1.82) is 0 Å². The van der Waals surface area contributed by atoms with Gasteiger partial charge in [0, 0.05) is 6.04 Å². The van der Waals surface area contributed by atoms with Crippen molar-refractivity contribution in [2.45, 2.75) is 51.2 Å². The fraction of sp³-hybridized carbons (Fsp3) is 0.562. The van der Waals surface area contributed by atoms with E-state index in [0.29, 0.717) is 12.6 Å². The number of carbonyl (C=O) groups is 1. The summed E-state index contributed by atoms with van der Waals surface area (Å²) in [5.41, 5.74) is 0.882. The number of carbonyl (C=O) groups excluding carboxylic acids is 1. The fourth-order valence-corrected chi connectivity index (χ4v) is 3.03. The molecule has 1 heterocycles. The molecule has 2 aliphatic rings. The molecule has 1 aromatic carbocycles. The number of amides is 2. The molecule has 2 amide bonds. The first-order valence-electron chi connectivity index (χ1n) is 7.61. The van der Waals surface area contributed by atoms with Crippen LogP contribution in [-0.2, 0) is 0 Å². The Kier molecular flexibility index (Phi) is 3.81. The Morgan fingerprint density at radius 3 is 2.85 bits per heavy atom. The number of para-hydroxylation sites is 2. The lowest BCUT2D eigenvalue weighted by Crippen LogP contribution is -2.50. The molecule has 0 bridgehead atoms. The number of fused-ring (bicyclic) bond motifs is 1. The maximum atomic E-state index is 12.5. The topological polar surface area (TPSA) is 41.6 Å². The van der Waals surface area contributed by atoms with Gasteiger partial charge in [0.15, 0.2) is 0 Å². The van der Waals surface area contributed by atoms with Gasteiger partial charge < -0.3 is 10.1 Å². The second-order valence-corrected chi connectivity index (χ2v) is 5.66. The van der Waals surface area contributed by atoms with E-state index in [1.54, 1.807) is 0 Å². The highest BCUT2D eigenvalue weighted by Gasteiger charge is 2.30. The highest BCUT2D eigenvalue weighted by atomic mass is 16.5. The SMILES string of the molecule is CC[C@H]1CN(C(=O)NC2CCCC2)c2ccccc2O1. The van der Waals surface area contributed by atoms with Gasteiger partial charge in [-0.2, -0.15) is 0 Å². The molecule has 1 aliphatic heterocycles. The first-order valence-corrected chi connectivity index (χ1v) is 7.61. The fourth-order valence-electron chi connectivity index (χ4n) is 3.03. The molecule has 1 N–H and O–H groups in total. The number of nitrogens with one attached hydrogen (secondary N) is 1. The molecule has 0 unspecified atom stereocenters.